The smallest absolute Gasteiger partial charge is 0.118 e. The zero-order valence-corrected chi connectivity index (χ0v) is 10.2. The minimum atomic E-state index is 0.237. The van der Waals surface area contributed by atoms with Gasteiger partial charge in [0.15, 0.2) is 0 Å². The first-order valence-electron chi connectivity index (χ1n) is 5.43. The lowest BCUT2D eigenvalue weighted by atomic mass is 10.1. The van der Waals surface area contributed by atoms with Gasteiger partial charge < -0.3 is 15.2 Å². The molecule has 2 unspecified atom stereocenters. The second kappa shape index (κ2) is 5.57. The molecule has 0 radical (unpaired) electrons. The second-order valence-corrected chi connectivity index (χ2v) is 5.17. The first kappa shape index (κ1) is 11.8. The SMILES string of the molecule is COc1ccc(SC2COCCC2N)cc1. The Morgan fingerprint density at radius 3 is 2.75 bits per heavy atom. The summed E-state index contributed by atoms with van der Waals surface area (Å²) < 4.78 is 10.6. The van der Waals surface area contributed by atoms with Crippen LogP contribution in [-0.4, -0.2) is 31.6 Å². The second-order valence-electron chi connectivity index (χ2n) is 3.86. The van der Waals surface area contributed by atoms with E-state index in [0.717, 1.165) is 25.4 Å². The lowest BCUT2D eigenvalue weighted by Gasteiger charge is -2.28. The third-order valence-corrected chi connectivity index (χ3v) is 4.03. The van der Waals surface area contributed by atoms with Gasteiger partial charge in [-0.3, -0.25) is 0 Å². The van der Waals surface area contributed by atoms with Gasteiger partial charge in [-0.1, -0.05) is 0 Å². The minimum Gasteiger partial charge on any atom is -0.497 e. The molecule has 1 aliphatic heterocycles. The molecule has 3 nitrogen and oxygen atoms in total. The Kier molecular flexibility index (Phi) is 4.09. The molecule has 2 N–H and O–H groups in total. The molecule has 0 aliphatic carbocycles. The molecule has 2 atom stereocenters. The average molecular weight is 239 g/mol. The maximum atomic E-state index is 6.06. The van der Waals surface area contributed by atoms with E-state index in [1.807, 2.05) is 12.1 Å². The van der Waals surface area contributed by atoms with Crippen LogP contribution in [0, 0.1) is 0 Å². The summed E-state index contributed by atoms with van der Waals surface area (Å²) in [5.41, 5.74) is 6.06. The molecule has 0 saturated carbocycles. The molecule has 0 aromatic heterocycles. The predicted octanol–water partition coefficient (Wildman–Crippen LogP) is 1.90. The van der Waals surface area contributed by atoms with Crippen molar-refractivity contribution in [1.29, 1.82) is 0 Å². The Balaban J connectivity index is 1.96. The molecule has 4 heteroatoms. The Morgan fingerprint density at radius 2 is 2.12 bits per heavy atom. The highest BCUT2D eigenvalue weighted by Gasteiger charge is 2.23. The number of methoxy groups -OCH3 is 1. The summed E-state index contributed by atoms with van der Waals surface area (Å²) in [5, 5.41) is 0.363. The number of ether oxygens (including phenoxy) is 2. The lowest BCUT2D eigenvalue weighted by Crippen LogP contribution is -2.40. The van der Waals surface area contributed by atoms with Crippen LogP contribution in [0.2, 0.25) is 0 Å². The monoisotopic (exact) mass is 239 g/mol. The van der Waals surface area contributed by atoms with Gasteiger partial charge in [0.25, 0.3) is 0 Å². The van der Waals surface area contributed by atoms with Crippen LogP contribution in [0.25, 0.3) is 0 Å². The summed E-state index contributed by atoms with van der Waals surface area (Å²) in [4.78, 5) is 1.21. The van der Waals surface area contributed by atoms with Gasteiger partial charge in [-0.15, -0.1) is 11.8 Å². The third-order valence-electron chi connectivity index (χ3n) is 2.70. The molecule has 0 amide bonds. The Morgan fingerprint density at radius 1 is 1.38 bits per heavy atom. The van der Waals surface area contributed by atoms with Crippen LogP contribution in [0.5, 0.6) is 5.75 Å². The Bertz CT molecular complexity index is 328. The molecule has 0 spiro atoms. The number of rotatable bonds is 3. The van der Waals surface area contributed by atoms with Gasteiger partial charge in [-0.05, 0) is 30.7 Å². The van der Waals surface area contributed by atoms with Crippen LogP contribution >= 0.6 is 11.8 Å². The number of thioether (sulfide) groups is 1. The fourth-order valence-corrected chi connectivity index (χ4v) is 2.80. The summed E-state index contributed by atoms with van der Waals surface area (Å²) >= 11 is 1.79. The van der Waals surface area contributed by atoms with E-state index in [-0.39, 0.29) is 6.04 Å². The molecule has 2 rings (SSSR count). The van der Waals surface area contributed by atoms with Crippen LogP contribution in [0.3, 0.4) is 0 Å². The molecule has 1 aromatic carbocycles. The van der Waals surface area contributed by atoms with Crippen LogP contribution in [0.1, 0.15) is 6.42 Å². The van der Waals surface area contributed by atoms with Crippen molar-refractivity contribution < 1.29 is 9.47 Å². The summed E-state index contributed by atoms with van der Waals surface area (Å²) in [5.74, 6) is 0.883. The van der Waals surface area contributed by atoms with Crippen molar-refractivity contribution in [2.45, 2.75) is 22.6 Å². The van der Waals surface area contributed by atoms with Gasteiger partial charge in [0, 0.05) is 22.8 Å². The van der Waals surface area contributed by atoms with Crippen LogP contribution < -0.4 is 10.5 Å². The highest BCUT2D eigenvalue weighted by atomic mass is 32.2. The molecule has 88 valence electrons. The van der Waals surface area contributed by atoms with Crippen molar-refractivity contribution in [3.63, 3.8) is 0 Å². The number of nitrogens with two attached hydrogens (primary N) is 1. The number of hydrogen-bond acceptors (Lipinski definition) is 4. The van der Waals surface area contributed by atoms with Gasteiger partial charge in [0.05, 0.1) is 13.7 Å². The zero-order chi connectivity index (χ0) is 11.4. The van der Waals surface area contributed by atoms with E-state index >= 15 is 0 Å². The topological polar surface area (TPSA) is 44.5 Å². The maximum Gasteiger partial charge on any atom is 0.118 e. The minimum absolute atomic E-state index is 0.237. The van der Waals surface area contributed by atoms with Crippen LogP contribution in [-0.2, 0) is 4.74 Å². The summed E-state index contributed by atoms with van der Waals surface area (Å²) in [6.45, 7) is 1.54. The highest BCUT2D eigenvalue weighted by Crippen LogP contribution is 2.29. The number of benzene rings is 1. The largest absolute Gasteiger partial charge is 0.497 e. The van der Waals surface area contributed by atoms with E-state index in [4.69, 9.17) is 15.2 Å². The quantitative estimate of drug-likeness (QED) is 0.875. The molecule has 1 heterocycles. The molecule has 16 heavy (non-hydrogen) atoms. The van der Waals surface area contributed by atoms with Gasteiger partial charge in [0.2, 0.25) is 0 Å². The maximum absolute atomic E-state index is 6.06. The van der Waals surface area contributed by atoms with Crippen molar-refractivity contribution >= 4 is 11.8 Å². The fraction of sp³-hybridized carbons (Fsp3) is 0.500. The fourth-order valence-electron chi connectivity index (χ4n) is 1.68. The third kappa shape index (κ3) is 2.90. The molecule has 0 bridgehead atoms. The highest BCUT2D eigenvalue weighted by molar-refractivity contribution is 8.00. The molecular weight excluding hydrogens is 222 g/mol. The average Bonchev–Trinajstić information content (AvgIpc) is 2.33. The van der Waals surface area contributed by atoms with Gasteiger partial charge in [0.1, 0.15) is 5.75 Å². The summed E-state index contributed by atoms with van der Waals surface area (Å²) in [6, 6.07) is 8.30. The van der Waals surface area contributed by atoms with Crippen molar-refractivity contribution in [3.8, 4) is 5.75 Å². The van der Waals surface area contributed by atoms with E-state index in [9.17, 15) is 0 Å². The lowest BCUT2D eigenvalue weighted by molar-refractivity contribution is 0.0916. The molecule has 1 aromatic rings. The zero-order valence-electron chi connectivity index (χ0n) is 9.39. The van der Waals surface area contributed by atoms with E-state index in [0.29, 0.717) is 5.25 Å². The molecular formula is C12H17NO2S. The van der Waals surface area contributed by atoms with Gasteiger partial charge in [-0.2, -0.15) is 0 Å². The van der Waals surface area contributed by atoms with Crippen LogP contribution in [0.15, 0.2) is 29.2 Å². The summed E-state index contributed by atoms with van der Waals surface area (Å²) in [6.07, 6.45) is 0.952. The first-order valence-corrected chi connectivity index (χ1v) is 6.31. The van der Waals surface area contributed by atoms with E-state index < -0.39 is 0 Å². The normalized spacial score (nSPS) is 25.4. The van der Waals surface area contributed by atoms with Crippen LogP contribution in [0.4, 0.5) is 0 Å². The van der Waals surface area contributed by atoms with E-state index in [1.54, 1.807) is 18.9 Å². The van der Waals surface area contributed by atoms with E-state index in [1.165, 1.54) is 4.90 Å². The van der Waals surface area contributed by atoms with E-state index in [2.05, 4.69) is 12.1 Å². The Labute approximate surface area is 100 Å². The predicted molar refractivity (Wildman–Crippen MR) is 66.1 cm³/mol. The van der Waals surface area contributed by atoms with Gasteiger partial charge >= 0.3 is 0 Å². The summed E-state index contributed by atoms with van der Waals surface area (Å²) in [7, 11) is 1.67. The molecule has 1 saturated heterocycles. The van der Waals surface area contributed by atoms with Crippen molar-refractivity contribution in [1.82, 2.24) is 0 Å². The van der Waals surface area contributed by atoms with Crippen molar-refractivity contribution in [3.05, 3.63) is 24.3 Å². The van der Waals surface area contributed by atoms with Gasteiger partial charge in [-0.25, -0.2) is 0 Å². The van der Waals surface area contributed by atoms with Crippen molar-refractivity contribution in [2.24, 2.45) is 5.73 Å². The standard InChI is InChI=1S/C12H17NO2S/c1-14-9-2-4-10(5-3-9)16-12-8-15-7-6-11(12)13/h2-5,11-12H,6-8,13H2,1H3. The molecule has 1 fully saturated rings. The Hall–Kier alpha value is -0.710. The first-order chi connectivity index (χ1) is 7.79. The molecule has 1 aliphatic rings. The van der Waals surface area contributed by atoms with Crippen molar-refractivity contribution in [2.75, 3.05) is 20.3 Å². The number of hydrogen-bond donors (Lipinski definition) is 1.